The molecule has 1 aliphatic heterocycles. The summed E-state index contributed by atoms with van der Waals surface area (Å²) in [7, 11) is 0. The molecule has 32 heavy (non-hydrogen) atoms. The lowest BCUT2D eigenvalue weighted by Crippen LogP contribution is -2.46. The summed E-state index contributed by atoms with van der Waals surface area (Å²) < 4.78 is 1.03. The lowest BCUT2D eigenvalue weighted by Gasteiger charge is -2.28. The van der Waals surface area contributed by atoms with Crippen LogP contribution in [-0.2, 0) is 9.59 Å². The second kappa shape index (κ2) is 9.98. The number of rotatable bonds is 6. The van der Waals surface area contributed by atoms with Crippen molar-refractivity contribution in [2.24, 2.45) is 0 Å². The van der Waals surface area contributed by atoms with Gasteiger partial charge in [0.05, 0.1) is 12.1 Å². The molecule has 0 saturated carbocycles. The maximum Gasteiger partial charge on any atom is 0.257 e. The van der Waals surface area contributed by atoms with Crippen LogP contribution in [0, 0.1) is 10.5 Å². The molecule has 2 aliphatic rings. The van der Waals surface area contributed by atoms with Crippen LogP contribution in [-0.4, -0.2) is 35.2 Å². The summed E-state index contributed by atoms with van der Waals surface area (Å²) in [5.41, 5.74) is 3.50. The van der Waals surface area contributed by atoms with Gasteiger partial charge in [-0.25, -0.2) is 4.90 Å². The van der Waals surface area contributed by atoms with Crippen LogP contribution in [0.1, 0.15) is 54.4 Å². The van der Waals surface area contributed by atoms with E-state index in [1.165, 1.54) is 23.3 Å². The molecule has 1 unspecified atom stereocenters. The fraction of sp³-hybridized carbons (Fsp3) is 0.346. The summed E-state index contributed by atoms with van der Waals surface area (Å²) in [6, 6.07) is 13.9. The highest BCUT2D eigenvalue weighted by Crippen LogP contribution is 2.29. The number of amides is 3. The molecule has 2 aromatic rings. The van der Waals surface area contributed by atoms with Crippen LogP contribution in [0.15, 0.2) is 60.2 Å². The third-order valence-corrected chi connectivity index (χ3v) is 6.92. The Morgan fingerprint density at radius 2 is 1.78 bits per heavy atom. The number of imide groups is 1. The van der Waals surface area contributed by atoms with E-state index < -0.39 is 6.04 Å². The van der Waals surface area contributed by atoms with E-state index in [-0.39, 0.29) is 24.1 Å². The first-order valence-electron chi connectivity index (χ1n) is 11.1. The van der Waals surface area contributed by atoms with E-state index in [1.54, 1.807) is 29.2 Å². The number of halogens is 1. The highest BCUT2D eigenvalue weighted by molar-refractivity contribution is 14.1. The largest absolute Gasteiger partial charge is 0.326 e. The number of nitrogens with zero attached hydrogens (tertiary/aromatic N) is 2. The van der Waals surface area contributed by atoms with Crippen LogP contribution in [0.2, 0.25) is 0 Å². The molecule has 5 nitrogen and oxygen atoms in total. The normalized spacial score (nSPS) is 18.6. The average molecular weight is 542 g/mol. The molecule has 6 heteroatoms. The predicted molar refractivity (Wildman–Crippen MR) is 133 cm³/mol. The summed E-state index contributed by atoms with van der Waals surface area (Å²) in [4.78, 5) is 42.6. The molecule has 0 aromatic heterocycles. The first-order chi connectivity index (χ1) is 15.4. The van der Waals surface area contributed by atoms with Crippen LogP contribution in [0.4, 0.5) is 5.69 Å². The number of allylic oxidation sites excluding steroid dienone is 1. The number of benzene rings is 2. The van der Waals surface area contributed by atoms with E-state index in [0.717, 1.165) is 28.4 Å². The van der Waals surface area contributed by atoms with E-state index in [2.05, 4.69) is 28.7 Å². The quantitative estimate of drug-likeness (QED) is 0.284. The summed E-state index contributed by atoms with van der Waals surface area (Å²) in [6.07, 6.45) is 7.49. The molecule has 1 heterocycles. The number of aryl methyl sites for hydroxylation is 1. The monoisotopic (exact) mass is 542 g/mol. The highest BCUT2D eigenvalue weighted by atomic mass is 127. The number of hydrogen-bond acceptors (Lipinski definition) is 3. The Morgan fingerprint density at radius 3 is 2.44 bits per heavy atom. The van der Waals surface area contributed by atoms with E-state index in [4.69, 9.17) is 0 Å². The zero-order valence-corrected chi connectivity index (χ0v) is 20.4. The second-order valence-electron chi connectivity index (χ2n) is 8.49. The van der Waals surface area contributed by atoms with Crippen molar-refractivity contribution in [1.82, 2.24) is 4.90 Å². The molecule has 2 aromatic carbocycles. The predicted octanol–water partition coefficient (Wildman–Crippen LogP) is 5.26. The van der Waals surface area contributed by atoms with Crippen LogP contribution in [0.25, 0.3) is 0 Å². The Kier molecular flexibility index (Phi) is 7.08. The Hall–Kier alpha value is -2.48. The van der Waals surface area contributed by atoms with Crippen molar-refractivity contribution in [3.63, 3.8) is 0 Å². The van der Waals surface area contributed by atoms with Crippen molar-refractivity contribution in [1.29, 1.82) is 0 Å². The molecule has 1 atom stereocenters. The Morgan fingerprint density at radius 1 is 1.06 bits per heavy atom. The van der Waals surface area contributed by atoms with Gasteiger partial charge in [-0.3, -0.25) is 14.4 Å². The minimum Gasteiger partial charge on any atom is -0.326 e. The number of hydrogen-bond donors (Lipinski definition) is 0. The van der Waals surface area contributed by atoms with Crippen molar-refractivity contribution in [3.8, 4) is 0 Å². The number of anilines is 1. The lowest BCUT2D eigenvalue weighted by molar-refractivity contribution is -0.122. The van der Waals surface area contributed by atoms with Gasteiger partial charge in [0.2, 0.25) is 5.91 Å². The minimum atomic E-state index is -0.778. The van der Waals surface area contributed by atoms with Crippen molar-refractivity contribution in [2.45, 2.75) is 51.5 Å². The molecule has 4 rings (SSSR count). The van der Waals surface area contributed by atoms with Gasteiger partial charge in [0, 0.05) is 15.7 Å². The first-order valence-corrected chi connectivity index (χ1v) is 12.2. The topological polar surface area (TPSA) is 57.7 Å². The van der Waals surface area contributed by atoms with Gasteiger partial charge in [-0.1, -0.05) is 29.3 Å². The van der Waals surface area contributed by atoms with Crippen LogP contribution in [0.3, 0.4) is 0 Å². The third kappa shape index (κ3) is 4.95. The molecular weight excluding hydrogens is 515 g/mol. The van der Waals surface area contributed by atoms with E-state index in [1.807, 2.05) is 31.2 Å². The number of carbonyl (C=O) groups excluding carboxylic acids is 3. The van der Waals surface area contributed by atoms with E-state index in [9.17, 15) is 14.4 Å². The Bertz CT molecular complexity index is 1040. The van der Waals surface area contributed by atoms with Crippen LogP contribution >= 0.6 is 22.6 Å². The summed E-state index contributed by atoms with van der Waals surface area (Å²) in [6.45, 7) is 2.41. The molecule has 0 N–H and O–H groups in total. The third-order valence-electron chi connectivity index (χ3n) is 6.20. The highest BCUT2D eigenvalue weighted by Gasteiger charge is 2.44. The Labute approximate surface area is 202 Å². The lowest BCUT2D eigenvalue weighted by atomic mass is 9.96. The average Bonchev–Trinajstić information content (AvgIpc) is 3.09. The van der Waals surface area contributed by atoms with Crippen LogP contribution in [0.5, 0.6) is 0 Å². The smallest absolute Gasteiger partial charge is 0.257 e. The standard InChI is InChI=1S/C26H27IN2O3/c1-18-7-9-20(10-8-18)25(31)28(16-15-19-5-3-2-4-6-19)23-17-24(30)29(26(23)32)22-13-11-21(27)12-14-22/h5,7-14,23H,2-4,6,15-17H2,1H3. The SMILES string of the molecule is Cc1ccc(C(=O)N(CCC2=CCCCC2)C2CC(=O)N(c3ccc(I)cc3)C2=O)cc1. The zero-order valence-electron chi connectivity index (χ0n) is 18.2. The number of carbonyl (C=O) groups is 3. The van der Waals surface area contributed by atoms with Gasteiger partial charge in [-0.05, 0) is 98.0 Å². The van der Waals surface area contributed by atoms with Crippen molar-refractivity contribution >= 4 is 46.0 Å². The van der Waals surface area contributed by atoms with Crippen molar-refractivity contribution in [2.75, 3.05) is 11.4 Å². The molecule has 166 valence electrons. The van der Waals surface area contributed by atoms with Gasteiger partial charge in [0.1, 0.15) is 6.04 Å². The first kappa shape index (κ1) is 22.7. The van der Waals surface area contributed by atoms with Gasteiger partial charge < -0.3 is 4.90 Å². The van der Waals surface area contributed by atoms with Crippen molar-refractivity contribution in [3.05, 3.63) is 74.9 Å². The van der Waals surface area contributed by atoms with Gasteiger partial charge in [-0.15, -0.1) is 0 Å². The molecule has 0 spiro atoms. The van der Waals surface area contributed by atoms with E-state index >= 15 is 0 Å². The molecule has 0 radical (unpaired) electrons. The van der Waals surface area contributed by atoms with Gasteiger partial charge >= 0.3 is 0 Å². The van der Waals surface area contributed by atoms with Gasteiger partial charge in [0.15, 0.2) is 0 Å². The zero-order chi connectivity index (χ0) is 22.7. The molecule has 1 aliphatic carbocycles. The molecule has 1 fully saturated rings. The molecule has 3 amide bonds. The summed E-state index contributed by atoms with van der Waals surface area (Å²) in [5.74, 6) is -0.786. The molecular formula is C26H27IN2O3. The maximum atomic E-state index is 13.5. The Balaban J connectivity index is 1.60. The van der Waals surface area contributed by atoms with E-state index in [0.29, 0.717) is 17.8 Å². The van der Waals surface area contributed by atoms with Gasteiger partial charge in [0.25, 0.3) is 11.8 Å². The second-order valence-corrected chi connectivity index (χ2v) is 9.73. The molecule has 0 bridgehead atoms. The molecule has 1 saturated heterocycles. The maximum absolute atomic E-state index is 13.5. The van der Waals surface area contributed by atoms with Gasteiger partial charge in [-0.2, -0.15) is 0 Å². The fourth-order valence-corrected chi connectivity index (χ4v) is 4.74. The van der Waals surface area contributed by atoms with Crippen LogP contribution < -0.4 is 4.90 Å². The summed E-state index contributed by atoms with van der Waals surface area (Å²) in [5, 5.41) is 0. The summed E-state index contributed by atoms with van der Waals surface area (Å²) >= 11 is 2.19. The fourth-order valence-electron chi connectivity index (χ4n) is 4.38. The minimum absolute atomic E-state index is 0.0153. The van der Waals surface area contributed by atoms with Crippen molar-refractivity contribution < 1.29 is 14.4 Å².